The van der Waals surface area contributed by atoms with Crippen molar-refractivity contribution in [1.29, 1.82) is 0 Å². The number of thiazole rings is 1. The number of halogens is 1. The van der Waals surface area contributed by atoms with Crippen molar-refractivity contribution in [1.82, 2.24) is 10.3 Å². The Kier molecular flexibility index (Phi) is 10.2. The Balaban J connectivity index is 1.37. The van der Waals surface area contributed by atoms with Crippen molar-refractivity contribution in [2.24, 2.45) is 0 Å². The van der Waals surface area contributed by atoms with Crippen LogP contribution in [0.4, 0.5) is 10.8 Å². The third-order valence-electron chi connectivity index (χ3n) is 6.04. The molecule has 5 rings (SSSR count). The fourth-order valence-corrected chi connectivity index (χ4v) is 6.08. The number of aromatic nitrogens is 1. The van der Waals surface area contributed by atoms with Crippen LogP contribution in [-0.4, -0.2) is 22.7 Å². The van der Waals surface area contributed by atoms with E-state index in [-0.39, 0.29) is 11.6 Å². The van der Waals surface area contributed by atoms with Crippen LogP contribution in [0.5, 0.6) is 0 Å². The van der Waals surface area contributed by atoms with Gasteiger partial charge in [-0.25, -0.2) is 4.98 Å². The van der Waals surface area contributed by atoms with E-state index in [2.05, 4.69) is 36.9 Å². The summed E-state index contributed by atoms with van der Waals surface area (Å²) >= 11 is 6.16. The number of hydrogen-bond donors (Lipinski definition) is 3. The highest BCUT2D eigenvalue weighted by atomic mass is 79.9. The summed E-state index contributed by atoms with van der Waals surface area (Å²) in [7, 11) is 0. The van der Waals surface area contributed by atoms with Crippen molar-refractivity contribution in [3.05, 3.63) is 148 Å². The van der Waals surface area contributed by atoms with Crippen molar-refractivity contribution in [2.75, 3.05) is 10.6 Å². The van der Waals surface area contributed by atoms with Crippen molar-refractivity contribution >= 4 is 73.6 Å². The van der Waals surface area contributed by atoms with Gasteiger partial charge in [0.05, 0.1) is 0 Å². The van der Waals surface area contributed by atoms with Gasteiger partial charge in [0.1, 0.15) is 10.9 Å². The molecule has 0 radical (unpaired) electrons. The van der Waals surface area contributed by atoms with Gasteiger partial charge in [0.2, 0.25) is 5.91 Å². The summed E-state index contributed by atoms with van der Waals surface area (Å²) < 4.78 is 0.840. The normalized spacial score (nSPS) is 11.8. The zero-order valence-corrected chi connectivity index (χ0v) is 25.8. The van der Waals surface area contributed by atoms with Crippen LogP contribution in [-0.2, 0) is 9.59 Å². The molecule has 1 atom stereocenters. The molecule has 1 heterocycles. The van der Waals surface area contributed by atoms with E-state index < -0.39 is 17.1 Å². The van der Waals surface area contributed by atoms with E-state index in [1.807, 2.05) is 66.7 Å². The molecule has 0 aliphatic rings. The summed E-state index contributed by atoms with van der Waals surface area (Å²) in [6.45, 7) is 0. The molecular weight excluding hydrogens is 644 g/mol. The van der Waals surface area contributed by atoms with Crippen LogP contribution in [0.25, 0.3) is 6.08 Å². The Hall–Kier alpha value is -4.51. The van der Waals surface area contributed by atoms with Gasteiger partial charge in [0.25, 0.3) is 11.8 Å². The van der Waals surface area contributed by atoms with Gasteiger partial charge < -0.3 is 16.0 Å². The Labute approximate surface area is 265 Å². The van der Waals surface area contributed by atoms with Gasteiger partial charge in [-0.1, -0.05) is 82.7 Å². The molecule has 3 N–H and O–H groups in total. The molecule has 1 aromatic heterocycles. The number of nitrogens with zero attached hydrogens (tertiary/aromatic N) is 1. The molecule has 0 saturated carbocycles. The average Bonchev–Trinajstić information content (AvgIpc) is 3.53. The number of benzene rings is 4. The molecule has 0 fully saturated rings. The summed E-state index contributed by atoms with van der Waals surface area (Å²) in [5.41, 5.74) is 2.58. The van der Waals surface area contributed by atoms with Crippen molar-refractivity contribution in [3.63, 3.8) is 0 Å². The van der Waals surface area contributed by atoms with Gasteiger partial charge in [-0.3, -0.25) is 14.4 Å². The zero-order valence-electron chi connectivity index (χ0n) is 22.6. The van der Waals surface area contributed by atoms with Crippen LogP contribution < -0.4 is 16.0 Å². The Bertz CT molecular complexity index is 1750. The molecule has 214 valence electrons. The molecule has 43 heavy (non-hydrogen) atoms. The molecule has 7 nitrogen and oxygen atoms in total. The number of hydrogen-bond acceptors (Lipinski definition) is 6. The van der Waals surface area contributed by atoms with Gasteiger partial charge in [0.15, 0.2) is 5.13 Å². The van der Waals surface area contributed by atoms with E-state index in [4.69, 9.17) is 0 Å². The maximum atomic E-state index is 13.5. The van der Waals surface area contributed by atoms with Gasteiger partial charge in [-0.05, 0) is 59.7 Å². The second-order valence-corrected chi connectivity index (χ2v) is 12.1. The molecule has 5 aromatic rings. The molecule has 0 spiro atoms. The quantitative estimate of drug-likeness (QED) is 0.104. The van der Waals surface area contributed by atoms with Gasteiger partial charge in [-0.2, -0.15) is 0 Å². The SMILES string of the molecule is O=C(Nc1cccc(SC(C(=O)Nc2nccs2)c2ccccc2)c1)/C(=C\c1cccc(Br)c1)NC(=O)c1ccccc1. The number of anilines is 2. The Morgan fingerprint density at radius 3 is 2.30 bits per heavy atom. The van der Waals surface area contributed by atoms with Crippen LogP contribution in [0.2, 0.25) is 0 Å². The Morgan fingerprint density at radius 2 is 1.58 bits per heavy atom. The maximum absolute atomic E-state index is 13.5. The van der Waals surface area contributed by atoms with Crippen LogP contribution >= 0.6 is 39.0 Å². The summed E-state index contributed by atoms with van der Waals surface area (Å²) in [6.07, 6.45) is 3.26. The number of thioether (sulfide) groups is 1. The predicted molar refractivity (Wildman–Crippen MR) is 177 cm³/mol. The fourth-order valence-electron chi connectivity index (χ4n) is 4.04. The molecule has 0 aliphatic heterocycles. The number of carbonyl (C=O) groups is 3. The minimum Gasteiger partial charge on any atom is -0.321 e. The minimum atomic E-state index is -0.562. The second kappa shape index (κ2) is 14.6. The lowest BCUT2D eigenvalue weighted by atomic mass is 10.1. The largest absolute Gasteiger partial charge is 0.321 e. The van der Waals surface area contributed by atoms with E-state index in [9.17, 15) is 14.4 Å². The van der Waals surface area contributed by atoms with Gasteiger partial charge in [-0.15, -0.1) is 23.1 Å². The Morgan fingerprint density at radius 1 is 0.837 bits per heavy atom. The van der Waals surface area contributed by atoms with E-state index in [0.717, 1.165) is 20.5 Å². The highest BCUT2D eigenvalue weighted by molar-refractivity contribution is 9.10. The monoisotopic (exact) mass is 668 g/mol. The lowest BCUT2D eigenvalue weighted by molar-refractivity contribution is -0.116. The first-order chi connectivity index (χ1) is 20.9. The molecule has 0 bridgehead atoms. The van der Waals surface area contributed by atoms with Crippen LogP contribution in [0, 0.1) is 0 Å². The maximum Gasteiger partial charge on any atom is 0.272 e. The van der Waals surface area contributed by atoms with Crippen LogP contribution in [0.1, 0.15) is 26.7 Å². The van der Waals surface area contributed by atoms with Crippen LogP contribution in [0.15, 0.2) is 136 Å². The lowest BCUT2D eigenvalue weighted by Gasteiger charge is -2.17. The predicted octanol–water partition coefficient (Wildman–Crippen LogP) is 7.79. The highest BCUT2D eigenvalue weighted by Gasteiger charge is 2.23. The highest BCUT2D eigenvalue weighted by Crippen LogP contribution is 2.37. The lowest BCUT2D eigenvalue weighted by Crippen LogP contribution is -2.30. The fraction of sp³-hybridized carbons (Fsp3) is 0.0303. The number of amides is 3. The number of rotatable bonds is 10. The molecule has 1 unspecified atom stereocenters. The van der Waals surface area contributed by atoms with E-state index in [1.165, 1.54) is 23.1 Å². The summed E-state index contributed by atoms with van der Waals surface area (Å²) in [5.74, 6) is -1.10. The first kappa shape index (κ1) is 30.0. The first-order valence-electron chi connectivity index (χ1n) is 13.1. The van der Waals surface area contributed by atoms with Crippen molar-refractivity contribution in [3.8, 4) is 0 Å². The summed E-state index contributed by atoms with van der Waals surface area (Å²) in [6, 6.07) is 32.8. The first-order valence-corrected chi connectivity index (χ1v) is 15.7. The molecular formula is C33H25BrN4O3S2. The molecule has 10 heteroatoms. The zero-order chi connectivity index (χ0) is 30.0. The summed E-state index contributed by atoms with van der Waals surface area (Å²) in [4.78, 5) is 44.7. The van der Waals surface area contributed by atoms with E-state index in [0.29, 0.717) is 16.4 Å². The molecule has 4 aromatic carbocycles. The average molecular weight is 670 g/mol. The summed E-state index contributed by atoms with van der Waals surface area (Å²) in [5, 5.41) is 10.3. The topological polar surface area (TPSA) is 100 Å². The second-order valence-electron chi connectivity index (χ2n) is 9.15. The minimum absolute atomic E-state index is 0.0787. The molecule has 3 amide bonds. The molecule has 0 aliphatic carbocycles. The van der Waals surface area contributed by atoms with E-state index in [1.54, 1.807) is 60.1 Å². The third-order valence-corrected chi connectivity index (χ3v) is 8.47. The van der Waals surface area contributed by atoms with Crippen molar-refractivity contribution in [2.45, 2.75) is 10.1 Å². The van der Waals surface area contributed by atoms with Gasteiger partial charge >= 0.3 is 0 Å². The number of nitrogens with one attached hydrogen (secondary N) is 3. The standard InChI is InChI=1S/C33H25BrN4O3S2/c34-25-14-7-9-22(19-25)20-28(37-30(39)24-12-5-2-6-13-24)31(40)36-26-15-8-16-27(21-26)43-29(23-10-3-1-4-11-23)32(41)38-33-35-17-18-42-33/h1-21,29H,(H,36,40)(H,37,39)(H,35,38,41)/b28-20+. The van der Waals surface area contributed by atoms with Crippen molar-refractivity contribution < 1.29 is 14.4 Å². The van der Waals surface area contributed by atoms with Gasteiger partial charge in [0, 0.05) is 32.2 Å². The smallest absolute Gasteiger partial charge is 0.272 e. The molecule has 0 saturated heterocycles. The van der Waals surface area contributed by atoms with Crippen LogP contribution in [0.3, 0.4) is 0 Å². The number of carbonyl (C=O) groups excluding carboxylic acids is 3. The third kappa shape index (κ3) is 8.51. The van der Waals surface area contributed by atoms with E-state index >= 15 is 0 Å².